The summed E-state index contributed by atoms with van der Waals surface area (Å²) in [5, 5.41) is 20.0. The fraction of sp³-hybridized carbons (Fsp3) is 0.385. The molecule has 0 aliphatic rings. The van der Waals surface area contributed by atoms with Gasteiger partial charge in [0.25, 0.3) is 5.91 Å². The maximum absolute atomic E-state index is 13.5. The third kappa shape index (κ3) is 4.94. The molecule has 5 nitrogen and oxygen atoms in total. The van der Waals surface area contributed by atoms with Gasteiger partial charge in [0.1, 0.15) is 11.6 Å². The molecule has 1 unspecified atom stereocenters. The molecule has 1 amide bonds. The van der Waals surface area contributed by atoms with Gasteiger partial charge >= 0.3 is 0 Å². The highest BCUT2D eigenvalue weighted by Gasteiger charge is 2.09. The maximum atomic E-state index is 13.5. The highest BCUT2D eigenvalue weighted by molar-refractivity contribution is 5.77. The quantitative estimate of drug-likeness (QED) is 0.760. The van der Waals surface area contributed by atoms with E-state index in [0.717, 1.165) is 6.07 Å². The Morgan fingerprint density at radius 2 is 2.37 bits per heavy atom. The Bertz CT molecular complexity index is 483. The summed E-state index contributed by atoms with van der Waals surface area (Å²) in [4.78, 5) is 11.3. The number of aliphatic hydroxyl groups excluding tert-OH is 1. The number of nitriles is 1. The molecule has 0 fully saturated rings. The van der Waals surface area contributed by atoms with Crippen molar-refractivity contribution in [2.45, 2.75) is 19.4 Å². The number of amides is 1. The van der Waals surface area contributed by atoms with E-state index in [1.165, 1.54) is 19.1 Å². The van der Waals surface area contributed by atoms with Gasteiger partial charge in [0, 0.05) is 18.2 Å². The van der Waals surface area contributed by atoms with Crippen LogP contribution < -0.4 is 10.1 Å². The van der Waals surface area contributed by atoms with Crippen LogP contribution in [0.25, 0.3) is 0 Å². The van der Waals surface area contributed by atoms with E-state index in [9.17, 15) is 14.3 Å². The maximum Gasteiger partial charge on any atom is 0.257 e. The van der Waals surface area contributed by atoms with Crippen molar-refractivity contribution in [1.82, 2.24) is 5.32 Å². The fourth-order valence-electron chi connectivity index (χ4n) is 1.39. The standard InChI is InChI=1S/C13H15FN2O3/c1-9(17)11-4-3-10(7-12(11)14)19-8-13(18)16-6-2-5-15/h3-4,7,9,17H,2,6,8H2,1H3,(H,16,18). The van der Waals surface area contributed by atoms with Crippen LogP contribution in [0.15, 0.2) is 18.2 Å². The summed E-state index contributed by atoms with van der Waals surface area (Å²) < 4.78 is 18.6. The number of ether oxygens (including phenoxy) is 1. The molecule has 0 heterocycles. The van der Waals surface area contributed by atoms with E-state index in [1.54, 1.807) is 0 Å². The molecule has 0 saturated heterocycles. The minimum absolute atomic E-state index is 0.172. The number of hydrogen-bond acceptors (Lipinski definition) is 4. The van der Waals surface area contributed by atoms with Crippen LogP contribution in [0.5, 0.6) is 5.75 Å². The van der Waals surface area contributed by atoms with Gasteiger partial charge in [0.2, 0.25) is 0 Å². The zero-order chi connectivity index (χ0) is 14.3. The SMILES string of the molecule is CC(O)c1ccc(OCC(=O)NCCC#N)cc1F. The first-order valence-electron chi connectivity index (χ1n) is 5.78. The van der Waals surface area contributed by atoms with Gasteiger partial charge in [0.15, 0.2) is 6.61 Å². The number of carbonyl (C=O) groups excluding carboxylic acids is 1. The van der Waals surface area contributed by atoms with Gasteiger partial charge in [-0.25, -0.2) is 4.39 Å². The van der Waals surface area contributed by atoms with Crippen molar-refractivity contribution in [3.63, 3.8) is 0 Å². The van der Waals surface area contributed by atoms with E-state index < -0.39 is 11.9 Å². The minimum atomic E-state index is -0.900. The van der Waals surface area contributed by atoms with Crippen LogP contribution in [0.1, 0.15) is 25.0 Å². The van der Waals surface area contributed by atoms with Crippen LogP contribution in [-0.4, -0.2) is 24.2 Å². The number of carbonyl (C=O) groups is 1. The van der Waals surface area contributed by atoms with Crippen LogP contribution in [-0.2, 0) is 4.79 Å². The molecule has 0 aliphatic carbocycles. The zero-order valence-corrected chi connectivity index (χ0v) is 10.5. The topological polar surface area (TPSA) is 82.3 Å². The monoisotopic (exact) mass is 266 g/mol. The van der Waals surface area contributed by atoms with Crippen LogP contribution >= 0.6 is 0 Å². The number of rotatable bonds is 6. The number of hydrogen-bond donors (Lipinski definition) is 2. The molecule has 0 aliphatic heterocycles. The molecule has 0 bridgehead atoms. The summed E-state index contributed by atoms with van der Waals surface area (Å²) in [6.07, 6.45) is -0.674. The fourth-order valence-corrected chi connectivity index (χ4v) is 1.39. The smallest absolute Gasteiger partial charge is 0.257 e. The molecule has 1 atom stereocenters. The molecule has 1 rings (SSSR count). The van der Waals surface area contributed by atoms with Gasteiger partial charge in [-0.3, -0.25) is 4.79 Å². The number of halogens is 1. The zero-order valence-electron chi connectivity index (χ0n) is 10.5. The summed E-state index contributed by atoms with van der Waals surface area (Å²) in [6.45, 7) is 1.47. The summed E-state index contributed by atoms with van der Waals surface area (Å²) in [5.74, 6) is -0.759. The highest BCUT2D eigenvalue weighted by atomic mass is 19.1. The van der Waals surface area contributed by atoms with Crippen molar-refractivity contribution < 1.29 is 19.0 Å². The van der Waals surface area contributed by atoms with Gasteiger partial charge in [0.05, 0.1) is 18.6 Å². The molecule has 102 valence electrons. The lowest BCUT2D eigenvalue weighted by Gasteiger charge is -2.09. The van der Waals surface area contributed by atoms with Gasteiger partial charge in [-0.05, 0) is 19.1 Å². The van der Waals surface area contributed by atoms with Gasteiger partial charge in [-0.1, -0.05) is 0 Å². The highest BCUT2D eigenvalue weighted by Crippen LogP contribution is 2.21. The molecule has 0 radical (unpaired) electrons. The van der Waals surface area contributed by atoms with Crippen molar-refractivity contribution in [2.24, 2.45) is 0 Å². The Hall–Kier alpha value is -2.13. The van der Waals surface area contributed by atoms with Crippen molar-refractivity contribution >= 4 is 5.91 Å². The Morgan fingerprint density at radius 3 is 2.95 bits per heavy atom. The van der Waals surface area contributed by atoms with E-state index in [0.29, 0.717) is 0 Å². The molecule has 2 N–H and O–H groups in total. The van der Waals surface area contributed by atoms with Gasteiger partial charge < -0.3 is 15.2 Å². The van der Waals surface area contributed by atoms with E-state index in [2.05, 4.69) is 5.32 Å². The molecular weight excluding hydrogens is 251 g/mol. The van der Waals surface area contributed by atoms with E-state index in [-0.39, 0.29) is 36.8 Å². The first-order valence-corrected chi connectivity index (χ1v) is 5.78. The molecule has 19 heavy (non-hydrogen) atoms. The van der Waals surface area contributed by atoms with E-state index in [4.69, 9.17) is 10.00 Å². The van der Waals surface area contributed by atoms with E-state index >= 15 is 0 Å². The number of benzene rings is 1. The molecule has 0 saturated carbocycles. The molecule has 1 aromatic carbocycles. The second-order valence-electron chi connectivity index (χ2n) is 3.91. The van der Waals surface area contributed by atoms with Crippen LogP contribution in [0.4, 0.5) is 4.39 Å². The first kappa shape index (κ1) is 14.9. The average Bonchev–Trinajstić information content (AvgIpc) is 2.36. The van der Waals surface area contributed by atoms with Crippen LogP contribution in [0.2, 0.25) is 0 Å². The predicted molar refractivity (Wildman–Crippen MR) is 65.8 cm³/mol. The predicted octanol–water partition coefficient (Wildman–Crippen LogP) is 1.29. The third-order valence-electron chi connectivity index (χ3n) is 2.35. The largest absolute Gasteiger partial charge is 0.484 e. The van der Waals surface area contributed by atoms with Gasteiger partial charge in [-0.15, -0.1) is 0 Å². The summed E-state index contributed by atoms with van der Waals surface area (Å²) in [7, 11) is 0. The molecule has 0 spiro atoms. The lowest BCUT2D eigenvalue weighted by atomic mass is 10.1. The Kier molecular flexibility index (Phi) is 5.76. The van der Waals surface area contributed by atoms with E-state index in [1.807, 2.05) is 6.07 Å². The van der Waals surface area contributed by atoms with Crippen molar-refractivity contribution in [3.05, 3.63) is 29.6 Å². The number of nitrogens with zero attached hydrogens (tertiary/aromatic N) is 1. The van der Waals surface area contributed by atoms with Gasteiger partial charge in [-0.2, -0.15) is 5.26 Å². The molecule has 6 heteroatoms. The Morgan fingerprint density at radius 1 is 1.63 bits per heavy atom. The minimum Gasteiger partial charge on any atom is -0.484 e. The van der Waals surface area contributed by atoms with Crippen molar-refractivity contribution in [1.29, 1.82) is 5.26 Å². The Balaban J connectivity index is 2.48. The Labute approximate surface area is 110 Å². The van der Waals surface area contributed by atoms with Crippen molar-refractivity contribution in [2.75, 3.05) is 13.2 Å². The van der Waals surface area contributed by atoms with Crippen LogP contribution in [0, 0.1) is 17.1 Å². The lowest BCUT2D eigenvalue weighted by molar-refractivity contribution is -0.123. The second-order valence-corrected chi connectivity index (χ2v) is 3.91. The molecule has 1 aromatic rings. The summed E-state index contributed by atoms with van der Waals surface area (Å²) in [6, 6.07) is 5.89. The number of aliphatic hydroxyl groups is 1. The molecule has 0 aromatic heterocycles. The van der Waals surface area contributed by atoms with Crippen LogP contribution in [0.3, 0.4) is 0 Å². The first-order chi connectivity index (χ1) is 9.04. The normalized spacial score (nSPS) is 11.5. The average molecular weight is 266 g/mol. The van der Waals surface area contributed by atoms with Crippen molar-refractivity contribution in [3.8, 4) is 11.8 Å². The summed E-state index contributed by atoms with van der Waals surface area (Å²) in [5.41, 5.74) is 0.172. The lowest BCUT2D eigenvalue weighted by Crippen LogP contribution is -2.29. The number of nitrogens with one attached hydrogen (secondary N) is 1. The summed E-state index contributed by atoms with van der Waals surface area (Å²) >= 11 is 0. The molecular formula is C13H15FN2O3. The third-order valence-corrected chi connectivity index (χ3v) is 2.35. The second kappa shape index (κ2) is 7.34.